The van der Waals surface area contributed by atoms with E-state index >= 15 is 0 Å². The number of hydrogen-bond acceptors (Lipinski definition) is 5. The van der Waals surface area contributed by atoms with Crippen molar-refractivity contribution in [1.82, 2.24) is 19.2 Å². The molecule has 4 rings (SSSR count). The lowest BCUT2D eigenvalue weighted by atomic mass is 10.1. The number of aryl methyl sites for hydroxylation is 1. The number of benzene rings is 2. The van der Waals surface area contributed by atoms with Gasteiger partial charge in [0.1, 0.15) is 11.6 Å². The summed E-state index contributed by atoms with van der Waals surface area (Å²) in [5, 5.41) is 4.92. The smallest absolute Gasteiger partial charge is 0.351 e. The van der Waals surface area contributed by atoms with Crippen molar-refractivity contribution in [2.75, 3.05) is 14.2 Å². The van der Waals surface area contributed by atoms with Crippen molar-refractivity contribution in [3.05, 3.63) is 64.1 Å². The van der Waals surface area contributed by atoms with E-state index in [1.807, 2.05) is 0 Å². The van der Waals surface area contributed by atoms with Crippen LogP contribution in [0.25, 0.3) is 16.6 Å². The number of nitrogens with zero attached hydrogens (tertiary/aromatic N) is 4. The molecule has 0 spiro atoms. The fourth-order valence-electron chi connectivity index (χ4n) is 3.14. The molecule has 0 bridgehead atoms. The largest absolute Gasteiger partial charge is 0.493 e. The molecule has 138 valence electrons. The predicted octanol–water partition coefficient (Wildman–Crippen LogP) is 2.56. The van der Waals surface area contributed by atoms with Gasteiger partial charge in [-0.2, -0.15) is 4.52 Å². The molecular weight excluding hydrogens is 351 g/mol. The van der Waals surface area contributed by atoms with Gasteiger partial charge in [-0.15, -0.1) is 5.10 Å². The molecule has 0 fully saturated rings. The minimum Gasteiger partial charge on any atom is -0.493 e. The van der Waals surface area contributed by atoms with Gasteiger partial charge >= 0.3 is 5.69 Å². The van der Waals surface area contributed by atoms with E-state index in [0.29, 0.717) is 33.9 Å². The minimum absolute atomic E-state index is 0.250. The zero-order chi connectivity index (χ0) is 19.1. The Morgan fingerprint density at radius 2 is 1.74 bits per heavy atom. The van der Waals surface area contributed by atoms with E-state index in [-0.39, 0.29) is 18.1 Å². The zero-order valence-corrected chi connectivity index (χ0v) is 15.1. The van der Waals surface area contributed by atoms with Gasteiger partial charge in [-0.05, 0) is 30.7 Å². The zero-order valence-electron chi connectivity index (χ0n) is 15.1. The van der Waals surface area contributed by atoms with Gasteiger partial charge in [0, 0.05) is 11.5 Å². The minimum atomic E-state index is -0.338. The van der Waals surface area contributed by atoms with Crippen LogP contribution in [0.3, 0.4) is 0 Å². The molecule has 0 unspecified atom stereocenters. The van der Waals surface area contributed by atoms with Crippen LogP contribution in [0.1, 0.15) is 11.4 Å². The molecule has 0 saturated carbocycles. The van der Waals surface area contributed by atoms with Crippen LogP contribution in [-0.4, -0.2) is 33.4 Å². The number of fused-ring (bicyclic) bond motifs is 3. The maximum atomic E-state index is 13.2. The van der Waals surface area contributed by atoms with E-state index < -0.39 is 0 Å². The van der Waals surface area contributed by atoms with Gasteiger partial charge in [0.15, 0.2) is 17.1 Å². The molecule has 0 saturated heterocycles. The molecule has 2 aromatic heterocycles. The van der Waals surface area contributed by atoms with Crippen LogP contribution in [0.15, 0.2) is 41.2 Å². The molecule has 2 heterocycles. The average Bonchev–Trinajstić information content (AvgIpc) is 3.07. The first-order chi connectivity index (χ1) is 13.0. The van der Waals surface area contributed by atoms with Crippen LogP contribution < -0.4 is 15.2 Å². The third kappa shape index (κ3) is 2.79. The molecule has 0 atom stereocenters. The lowest BCUT2D eigenvalue weighted by Gasteiger charge is -2.14. The third-order valence-corrected chi connectivity index (χ3v) is 4.41. The van der Waals surface area contributed by atoms with Crippen LogP contribution in [0, 0.1) is 12.7 Å². The van der Waals surface area contributed by atoms with Crippen LogP contribution in [-0.2, 0) is 6.54 Å². The molecule has 0 N–H and O–H groups in total. The molecule has 0 radical (unpaired) electrons. The van der Waals surface area contributed by atoms with Crippen molar-refractivity contribution in [2.24, 2.45) is 0 Å². The third-order valence-electron chi connectivity index (χ3n) is 4.41. The average molecular weight is 368 g/mol. The summed E-state index contributed by atoms with van der Waals surface area (Å²) in [6, 6.07) is 9.53. The summed E-state index contributed by atoms with van der Waals surface area (Å²) in [6.07, 6.45) is 0. The standard InChI is InChI=1S/C19H17FN4O3/c1-11-21-18-14-8-16(26-2)17(27-3)9-15(14)23(19(25)24(18)22-11)10-12-4-6-13(20)7-5-12/h4-9H,10H2,1-3H3. The van der Waals surface area contributed by atoms with Gasteiger partial charge in [-0.25, -0.2) is 14.2 Å². The molecule has 0 aliphatic rings. The molecule has 0 aliphatic carbocycles. The van der Waals surface area contributed by atoms with Gasteiger partial charge in [0.05, 0.1) is 26.3 Å². The van der Waals surface area contributed by atoms with E-state index in [4.69, 9.17) is 9.47 Å². The van der Waals surface area contributed by atoms with Crippen LogP contribution in [0.5, 0.6) is 11.5 Å². The maximum absolute atomic E-state index is 13.2. The highest BCUT2D eigenvalue weighted by atomic mass is 19.1. The van der Waals surface area contributed by atoms with Crippen molar-refractivity contribution in [3.63, 3.8) is 0 Å². The number of ether oxygens (including phenoxy) is 2. The monoisotopic (exact) mass is 368 g/mol. The highest BCUT2D eigenvalue weighted by molar-refractivity contribution is 5.94. The second-order valence-corrected chi connectivity index (χ2v) is 6.11. The molecular formula is C19H17FN4O3. The first kappa shape index (κ1) is 17.0. The van der Waals surface area contributed by atoms with E-state index in [9.17, 15) is 9.18 Å². The summed E-state index contributed by atoms with van der Waals surface area (Å²) in [7, 11) is 3.08. The van der Waals surface area contributed by atoms with Crippen molar-refractivity contribution < 1.29 is 13.9 Å². The SMILES string of the molecule is COc1cc2c(cc1OC)n(Cc1ccc(F)cc1)c(=O)n1nc(C)nc21. The normalized spacial score (nSPS) is 11.3. The fourth-order valence-corrected chi connectivity index (χ4v) is 3.14. The predicted molar refractivity (Wildman–Crippen MR) is 98.1 cm³/mol. The Morgan fingerprint density at radius 3 is 2.41 bits per heavy atom. The number of rotatable bonds is 4. The lowest BCUT2D eigenvalue weighted by molar-refractivity contribution is 0.355. The summed E-state index contributed by atoms with van der Waals surface area (Å²) < 4.78 is 26.8. The Bertz CT molecular complexity index is 1210. The molecule has 7 nitrogen and oxygen atoms in total. The fraction of sp³-hybridized carbons (Fsp3) is 0.211. The Morgan fingerprint density at radius 1 is 1.07 bits per heavy atom. The topological polar surface area (TPSA) is 70.7 Å². The Kier molecular flexibility index (Phi) is 4.02. The van der Waals surface area contributed by atoms with Crippen molar-refractivity contribution in [2.45, 2.75) is 13.5 Å². The quantitative estimate of drug-likeness (QED) is 0.554. The lowest BCUT2D eigenvalue weighted by Crippen LogP contribution is -2.28. The first-order valence-electron chi connectivity index (χ1n) is 8.28. The number of aromatic nitrogens is 4. The molecule has 2 aromatic carbocycles. The van der Waals surface area contributed by atoms with Gasteiger partial charge in [0.25, 0.3) is 0 Å². The van der Waals surface area contributed by atoms with Gasteiger partial charge in [0.2, 0.25) is 0 Å². The summed E-state index contributed by atoms with van der Waals surface area (Å²) in [5.74, 6) is 1.19. The molecule has 27 heavy (non-hydrogen) atoms. The number of halogens is 1. The summed E-state index contributed by atoms with van der Waals surface area (Å²) in [4.78, 5) is 17.4. The Hall–Kier alpha value is -3.42. The molecule has 8 heteroatoms. The van der Waals surface area contributed by atoms with Crippen molar-refractivity contribution >= 4 is 16.6 Å². The second-order valence-electron chi connectivity index (χ2n) is 6.11. The van der Waals surface area contributed by atoms with Gasteiger partial charge < -0.3 is 9.47 Å². The highest BCUT2D eigenvalue weighted by Gasteiger charge is 2.17. The van der Waals surface area contributed by atoms with Crippen LogP contribution in [0.4, 0.5) is 4.39 Å². The molecule has 0 amide bonds. The van der Waals surface area contributed by atoms with Crippen molar-refractivity contribution in [1.29, 1.82) is 0 Å². The number of hydrogen-bond donors (Lipinski definition) is 0. The van der Waals surface area contributed by atoms with E-state index in [1.54, 1.807) is 42.9 Å². The van der Waals surface area contributed by atoms with Gasteiger partial charge in [-0.1, -0.05) is 12.1 Å². The summed E-state index contributed by atoms with van der Waals surface area (Å²) in [5.41, 5.74) is 1.52. The summed E-state index contributed by atoms with van der Waals surface area (Å²) >= 11 is 0. The number of methoxy groups -OCH3 is 2. The first-order valence-corrected chi connectivity index (χ1v) is 8.28. The second kappa shape index (κ2) is 6.39. The Balaban J connectivity index is 2.06. The van der Waals surface area contributed by atoms with E-state index in [1.165, 1.54) is 23.8 Å². The highest BCUT2D eigenvalue weighted by Crippen LogP contribution is 2.33. The van der Waals surface area contributed by atoms with Crippen LogP contribution in [0.2, 0.25) is 0 Å². The van der Waals surface area contributed by atoms with E-state index in [2.05, 4.69) is 10.1 Å². The summed E-state index contributed by atoms with van der Waals surface area (Å²) in [6.45, 7) is 1.98. The van der Waals surface area contributed by atoms with Crippen molar-refractivity contribution in [3.8, 4) is 11.5 Å². The molecule has 0 aliphatic heterocycles. The maximum Gasteiger partial charge on any atom is 0.351 e. The Labute approximate surface area is 153 Å². The van der Waals surface area contributed by atoms with Gasteiger partial charge in [-0.3, -0.25) is 4.57 Å². The van der Waals surface area contributed by atoms with Crippen LogP contribution >= 0.6 is 0 Å². The van der Waals surface area contributed by atoms with E-state index in [0.717, 1.165) is 5.56 Å². The molecule has 4 aromatic rings.